The van der Waals surface area contributed by atoms with Crippen molar-refractivity contribution < 1.29 is 14.3 Å². The summed E-state index contributed by atoms with van der Waals surface area (Å²) in [5, 5.41) is 0. The number of carbonyl (C=O) groups is 1. The highest BCUT2D eigenvalue weighted by Gasteiger charge is 2.25. The molecule has 5 nitrogen and oxygen atoms in total. The summed E-state index contributed by atoms with van der Waals surface area (Å²) in [6.45, 7) is 10.4. The number of anilines is 1. The minimum atomic E-state index is 0.156. The first kappa shape index (κ1) is 21.2. The topological polar surface area (TPSA) is 51.7 Å². The van der Waals surface area contributed by atoms with Gasteiger partial charge in [-0.2, -0.15) is 0 Å². The third-order valence-electron chi connectivity index (χ3n) is 5.33. The monoisotopic (exact) mass is 396 g/mol. The van der Waals surface area contributed by atoms with Crippen LogP contribution in [0, 0.1) is 6.92 Å². The van der Waals surface area contributed by atoms with E-state index in [1.54, 1.807) is 6.92 Å². The summed E-state index contributed by atoms with van der Waals surface area (Å²) in [6, 6.07) is 10.2. The SMILES string of the molecule is CCCOc1cc(N2CCC(Oc3ccc([C@H](C)CC(C)=O)cc3)C2)c(C)cn1. The molecule has 0 bridgehead atoms. The molecule has 0 radical (unpaired) electrons. The molecule has 1 saturated heterocycles. The number of ketones is 1. The van der Waals surface area contributed by atoms with Crippen LogP contribution < -0.4 is 14.4 Å². The van der Waals surface area contributed by atoms with E-state index in [1.807, 2.05) is 24.4 Å². The summed E-state index contributed by atoms with van der Waals surface area (Å²) in [5.74, 6) is 2.03. The Morgan fingerprint density at radius 2 is 2.07 bits per heavy atom. The maximum atomic E-state index is 11.3. The summed E-state index contributed by atoms with van der Waals surface area (Å²) >= 11 is 0. The number of hydrogen-bond donors (Lipinski definition) is 0. The van der Waals surface area contributed by atoms with Crippen LogP contribution in [0.4, 0.5) is 5.69 Å². The predicted octanol–water partition coefficient (Wildman–Crippen LogP) is 4.92. The predicted molar refractivity (Wildman–Crippen MR) is 116 cm³/mol. The minimum absolute atomic E-state index is 0.156. The van der Waals surface area contributed by atoms with Gasteiger partial charge in [-0.1, -0.05) is 26.0 Å². The van der Waals surface area contributed by atoms with Crippen molar-refractivity contribution in [1.82, 2.24) is 4.98 Å². The average Bonchev–Trinajstić information content (AvgIpc) is 3.15. The van der Waals surface area contributed by atoms with Gasteiger partial charge in [-0.3, -0.25) is 0 Å². The Morgan fingerprint density at radius 1 is 1.31 bits per heavy atom. The van der Waals surface area contributed by atoms with E-state index in [1.165, 1.54) is 11.3 Å². The molecule has 0 N–H and O–H groups in total. The van der Waals surface area contributed by atoms with Crippen molar-refractivity contribution in [3.05, 3.63) is 47.7 Å². The van der Waals surface area contributed by atoms with Crippen molar-refractivity contribution in [2.75, 3.05) is 24.6 Å². The Hall–Kier alpha value is -2.56. The fraction of sp³-hybridized carbons (Fsp3) is 0.500. The van der Waals surface area contributed by atoms with Gasteiger partial charge in [0.1, 0.15) is 17.6 Å². The van der Waals surface area contributed by atoms with Crippen LogP contribution in [-0.4, -0.2) is 36.6 Å². The molecular weight excluding hydrogens is 364 g/mol. The van der Waals surface area contributed by atoms with Crippen molar-refractivity contribution in [3.8, 4) is 11.6 Å². The molecule has 2 heterocycles. The van der Waals surface area contributed by atoms with Gasteiger partial charge in [0.05, 0.1) is 13.2 Å². The second kappa shape index (κ2) is 9.77. The van der Waals surface area contributed by atoms with Crippen LogP contribution in [0.15, 0.2) is 36.5 Å². The maximum Gasteiger partial charge on any atom is 0.215 e. The number of pyridine rings is 1. The number of benzene rings is 1. The fourth-order valence-electron chi connectivity index (χ4n) is 3.78. The molecule has 2 aromatic rings. The standard InChI is InChI=1S/C24H32N2O3/c1-5-12-28-24-14-23(18(3)15-25-24)26-11-10-22(16-26)29-21-8-6-20(7-9-21)17(2)13-19(4)27/h6-9,14-15,17,22H,5,10-13,16H2,1-4H3/t17-,22?/m1/s1. The molecule has 0 aliphatic carbocycles. The Labute approximate surface area is 174 Å². The minimum Gasteiger partial charge on any atom is -0.489 e. The molecule has 1 fully saturated rings. The summed E-state index contributed by atoms with van der Waals surface area (Å²) in [7, 11) is 0. The van der Waals surface area contributed by atoms with Gasteiger partial charge < -0.3 is 19.2 Å². The number of hydrogen-bond acceptors (Lipinski definition) is 5. The molecule has 1 aromatic carbocycles. The highest BCUT2D eigenvalue weighted by molar-refractivity contribution is 5.76. The maximum absolute atomic E-state index is 11.3. The van der Waals surface area contributed by atoms with E-state index < -0.39 is 0 Å². The molecule has 5 heteroatoms. The van der Waals surface area contributed by atoms with Crippen LogP contribution in [0.3, 0.4) is 0 Å². The number of Topliss-reactive ketones (excluding diaryl/α,β-unsaturated/α-hetero) is 1. The average molecular weight is 397 g/mol. The van der Waals surface area contributed by atoms with Crippen LogP contribution in [0.2, 0.25) is 0 Å². The van der Waals surface area contributed by atoms with Gasteiger partial charge in [0.15, 0.2) is 0 Å². The van der Waals surface area contributed by atoms with Crippen LogP contribution in [-0.2, 0) is 4.79 Å². The van der Waals surface area contributed by atoms with Crippen LogP contribution in [0.5, 0.6) is 11.6 Å². The van der Waals surface area contributed by atoms with E-state index in [4.69, 9.17) is 9.47 Å². The second-order valence-corrected chi connectivity index (χ2v) is 8.01. The molecule has 0 amide bonds. The molecule has 1 aliphatic heterocycles. The van der Waals surface area contributed by atoms with E-state index in [0.717, 1.165) is 37.2 Å². The largest absolute Gasteiger partial charge is 0.489 e. The van der Waals surface area contributed by atoms with Gasteiger partial charge in [-0.25, -0.2) is 4.98 Å². The molecule has 3 rings (SSSR count). The number of aryl methyl sites for hydroxylation is 1. The number of rotatable bonds is 9. The summed E-state index contributed by atoms with van der Waals surface area (Å²) in [6.07, 6.45) is 4.57. The van der Waals surface area contributed by atoms with E-state index in [-0.39, 0.29) is 17.8 Å². The molecule has 29 heavy (non-hydrogen) atoms. The Kier molecular flexibility index (Phi) is 7.13. The number of nitrogens with zero attached hydrogens (tertiary/aromatic N) is 2. The molecule has 1 aliphatic rings. The van der Waals surface area contributed by atoms with Crippen molar-refractivity contribution >= 4 is 11.5 Å². The normalized spacial score (nSPS) is 17.2. The zero-order valence-corrected chi connectivity index (χ0v) is 18.0. The first-order valence-electron chi connectivity index (χ1n) is 10.6. The highest BCUT2D eigenvalue weighted by atomic mass is 16.5. The summed E-state index contributed by atoms with van der Waals surface area (Å²) in [4.78, 5) is 18.1. The van der Waals surface area contributed by atoms with Crippen molar-refractivity contribution in [3.63, 3.8) is 0 Å². The van der Waals surface area contributed by atoms with Gasteiger partial charge in [0.25, 0.3) is 0 Å². The van der Waals surface area contributed by atoms with Gasteiger partial charge >= 0.3 is 0 Å². The number of aromatic nitrogens is 1. The third-order valence-corrected chi connectivity index (χ3v) is 5.33. The molecule has 156 valence electrons. The lowest BCUT2D eigenvalue weighted by molar-refractivity contribution is -0.117. The van der Waals surface area contributed by atoms with E-state index >= 15 is 0 Å². The molecule has 1 aromatic heterocycles. The number of carbonyl (C=O) groups excluding carboxylic acids is 1. The molecular formula is C24H32N2O3. The molecule has 2 atom stereocenters. The fourth-order valence-corrected chi connectivity index (χ4v) is 3.78. The van der Waals surface area contributed by atoms with Gasteiger partial charge in [-0.05, 0) is 49.4 Å². The van der Waals surface area contributed by atoms with Crippen LogP contribution in [0.25, 0.3) is 0 Å². The Morgan fingerprint density at radius 3 is 2.76 bits per heavy atom. The third kappa shape index (κ3) is 5.72. The zero-order chi connectivity index (χ0) is 20.8. The van der Waals surface area contributed by atoms with E-state index in [9.17, 15) is 4.79 Å². The lowest BCUT2D eigenvalue weighted by Crippen LogP contribution is -2.25. The van der Waals surface area contributed by atoms with Crippen LogP contribution in [0.1, 0.15) is 57.1 Å². The van der Waals surface area contributed by atoms with E-state index in [0.29, 0.717) is 18.9 Å². The Bertz CT molecular complexity index is 819. The van der Waals surface area contributed by atoms with Crippen molar-refractivity contribution in [2.24, 2.45) is 0 Å². The zero-order valence-electron chi connectivity index (χ0n) is 18.0. The Balaban J connectivity index is 1.59. The van der Waals surface area contributed by atoms with Gasteiger partial charge in [-0.15, -0.1) is 0 Å². The van der Waals surface area contributed by atoms with Crippen molar-refractivity contribution in [2.45, 2.75) is 59.0 Å². The highest BCUT2D eigenvalue weighted by Crippen LogP contribution is 2.29. The number of ether oxygens (including phenoxy) is 2. The lowest BCUT2D eigenvalue weighted by atomic mass is 9.96. The quantitative estimate of drug-likeness (QED) is 0.602. The lowest BCUT2D eigenvalue weighted by Gasteiger charge is -2.21. The van der Waals surface area contributed by atoms with E-state index in [2.05, 4.69) is 42.8 Å². The van der Waals surface area contributed by atoms with Gasteiger partial charge in [0.2, 0.25) is 5.88 Å². The second-order valence-electron chi connectivity index (χ2n) is 8.01. The first-order chi connectivity index (χ1) is 14.0. The van der Waals surface area contributed by atoms with Crippen LogP contribution >= 0.6 is 0 Å². The summed E-state index contributed by atoms with van der Waals surface area (Å²) in [5.41, 5.74) is 3.50. The summed E-state index contributed by atoms with van der Waals surface area (Å²) < 4.78 is 11.9. The smallest absolute Gasteiger partial charge is 0.215 e. The van der Waals surface area contributed by atoms with Gasteiger partial charge in [0, 0.05) is 37.3 Å². The first-order valence-corrected chi connectivity index (χ1v) is 10.6. The molecule has 0 spiro atoms. The molecule has 0 saturated carbocycles. The van der Waals surface area contributed by atoms with Crippen molar-refractivity contribution in [1.29, 1.82) is 0 Å². The molecule has 1 unspecified atom stereocenters.